The molecule has 0 radical (unpaired) electrons. The Morgan fingerprint density at radius 1 is 0.861 bits per heavy atom. The first-order valence-electron chi connectivity index (χ1n) is 13.6. The number of urea groups is 1. The van der Waals surface area contributed by atoms with E-state index in [2.05, 4.69) is 17.6 Å². The van der Waals surface area contributed by atoms with Crippen LogP contribution in [0.3, 0.4) is 0 Å². The minimum absolute atomic E-state index is 0.0152. The van der Waals surface area contributed by atoms with Gasteiger partial charge in [0.25, 0.3) is 0 Å². The van der Waals surface area contributed by atoms with Crippen LogP contribution in [-0.2, 0) is 9.59 Å². The van der Waals surface area contributed by atoms with Crippen molar-refractivity contribution in [2.24, 2.45) is 5.92 Å². The first-order valence-corrected chi connectivity index (χ1v) is 13.6. The average molecular weight is 495 g/mol. The highest BCUT2D eigenvalue weighted by molar-refractivity contribution is 6.02. The molecular formula is C29H42N4O3. The van der Waals surface area contributed by atoms with E-state index in [0.717, 1.165) is 30.0 Å². The van der Waals surface area contributed by atoms with Crippen molar-refractivity contribution >= 4 is 34.3 Å². The van der Waals surface area contributed by atoms with Gasteiger partial charge in [-0.1, -0.05) is 89.3 Å². The molecule has 1 saturated heterocycles. The fraction of sp³-hybridized carbons (Fsp3) is 0.552. The number of unbranched alkanes of at least 4 members (excludes halogenated alkanes) is 4. The highest BCUT2D eigenvalue weighted by atomic mass is 16.2. The standard InChI is InChI=1S/C29H42N4O3/c1-4-6-7-8-9-17-26(34)32-18-20-33(21-19-32)28(35)27(22(3)5-2)31-29(36)30-25-16-12-14-23-13-10-11-15-24(23)25/h10-16,22,27H,4-9,17-21H2,1-3H3,(H2,30,31,36). The maximum atomic E-state index is 13.4. The van der Waals surface area contributed by atoms with Gasteiger partial charge in [-0.3, -0.25) is 9.59 Å². The second-order valence-electron chi connectivity index (χ2n) is 9.86. The van der Waals surface area contributed by atoms with Gasteiger partial charge in [0.05, 0.1) is 5.69 Å². The van der Waals surface area contributed by atoms with Gasteiger partial charge in [-0.15, -0.1) is 0 Å². The largest absolute Gasteiger partial charge is 0.339 e. The molecule has 0 saturated carbocycles. The monoisotopic (exact) mass is 494 g/mol. The summed E-state index contributed by atoms with van der Waals surface area (Å²) in [5, 5.41) is 7.86. The van der Waals surface area contributed by atoms with E-state index in [1.807, 2.05) is 61.2 Å². The van der Waals surface area contributed by atoms with Crippen molar-refractivity contribution in [1.29, 1.82) is 0 Å². The number of nitrogens with zero attached hydrogens (tertiary/aromatic N) is 2. The molecule has 7 heteroatoms. The van der Waals surface area contributed by atoms with Gasteiger partial charge < -0.3 is 20.4 Å². The van der Waals surface area contributed by atoms with Crippen LogP contribution in [0.15, 0.2) is 42.5 Å². The van der Waals surface area contributed by atoms with Crippen LogP contribution in [0.5, 0.6) is 0 Å². The van der Waals surface area contributed by atoms with Gasteiger partial charge in [-0.2, -0.15) is 0 Å². The lowest BCUT2D eigenvalue weighted by molar-refractivity contribution is -0.141. The molecule has 196 valence electrons. The molecule has 1 aliphatic heterocycles. The number of fused-ring (bicyclic) bond motifs is 1. The molecule has 1 heterocycles. The molecule has 0 aliphatic carbocycles. The molecule has 1 aliphatic rings. The lowest BCUT2D eigenvalue weighted by atomic mass is 9.97. The van der Waals surface area contributed by atoms with Crippen LogP contribution in [0.4, 0.5) is 10.5 Å². The molecule has 0 aromatic heterocycles. The molecule has 4 amide bonds. The van der Waals surface area contributed by atoms with Crippen LogP contribution in [0.1, 0.15) is 65.7 Å². The maximum absolute atomic E-state index is 13.4. The van der Waals surface area contributed by atoms with Crippen molar-refractivity contribution in [2.75, 3.05) is 31.5 Å². The van der Waals surface area contributed by atoms with Crippen LogP contribution in [0.2, 0.25) is 0 Å². The fourth-order valence-corrected chi connectivity index (χ4v) is 4.73. The topological polar surface area (TPSA) is 81.8 Å². The Balaban J connectivity index is 1.55. The Morgan fingerprint density at radius 2 is 1.53 bits per heavy atom. The molecule has 7 nitrogen and oxygen atoms in total. The van der Waals surface area contributed by atoms with Crippen molar-refractivity contribution in [1.82, 2.24) is 15.1 Å². The van der Waals surface area contributed by atoms with Crippen molar-refractivity contribution in [2.45, 2.75) is 71.8 Å². The van der Waals surface area contributed by atoms with Crippen LogP contribution >= 0.6 is 0 Å². The minimum atomic E-state index is -0.620. The number of anilines is 1. The number of rotatable bonds is 11. The number of nitrogens with one attached hydrogen (secondary N) is 2. The van der Waals surface area contributed by atoms with E-state index in [1.54, 1.807) is 4.90 Å². The van der Waals surface area contributed by atoms with Crippen molar-refractivity contribution in [3.8, 4) is 0 Å². The Bertz CT molecular complexity index is 1010. The highest BCUT2D eigenvalue weighted by Gasteiger charge is 2.32. The normalized spacial score (nSPS) is 15.4. The molecule has 3 rings (SSSR count). The van der Waals surface area contributed by atoms with Gasteiger partial charge in [-0.05, 0) is 23.8 Å². The summed E-state index contributed by atoms with van der Waals surface area (Å²) in [4.78, 5) is 42.6. The lowest BCUT2D eigenvalue weighted by Gasteiger charge is -2.37. The Hall–Kier alpha value is -3.09. The van der Waals surface area contributed by atoms with E-state index >= 15 is 0 Å². The first kappa shape index (κ1) is 27.5. The summed E-state index contributed by atoms with van der Waals surface area (Å²) in [6, 6.07) is 12.6. The van der Waals surface area contributed by atoms with E-state index in [4.69, 9.17) is 0 Å². The molecule has 2 unspecified atom stereocenters. The number of hydrogen-bond donors (Lipinski definition) is 2. The summed E-state index contributed by atoms with van der Waals surface area (Å²) in [6.07, 6.45) is 6.99. The van der Waals surface area contributed by atoms with Crippen molar-refractivity contribution in [3.05, 3.63) is 42.5 Å². The molecule has 1 fully saturated rings. The molecule has 36 heavy (non-hydrogen) atoms. The van der Waals surface area contributed by atoms with Crippen LogP contribution in [-0.4, -0.2) is 59.9 Å². The average Bonchev–Trinajstić information content (AvgIpc) is 2.91. The van der Waals surface area contributed by atoms with Gasteiger partial charge in [0, 0.05) is 38.0 Å². The first-order chi connectivity index (χ1) is 17.4. The predicted octanol–water partition coefficient (Wildman–Crippen LogP) is 5.41. The summed E-state index contributed by atoms with van der Waals surface area (Å²) >= 11 is 0. The fourth-order valence-electron chi connectivity index (χ4n) is 4.73. The number of carbonyl (C=O) groups is 3. The quantitative estimate of drug-likeness (QED) is 0.410. The van der Waals surface area contributed by atoms with Crippen molar-refractivity contribution < 1.29 is 14.4 Å². The summed E-state index contributed by atoms with van der Waals surface area (Å²) in [7, 11) is 0. The summed E-state index contributed by atoms with van der Waals surface area (Å²) < 4.78 is 0. The molecule has 2 aromatic carbocycles. The molecule has 2 aromatic rings. The highest BCUT2D eigenvalue weighted by Crippen LogP contribution is 2.23. The molecule has 0 bridgehead atoms. The Labute approximate surface area is 215 Å². The van der Waals surface area contributed by atoms with Crippen LogP contribution in [0.25, 0.3) is 10.8 Å². The Morgan fingerprint density at radius 3 is 2.25 bits per heavy atom. The van der Waals surface area contributed by atoms with Crippen molar-refractivity contribution in [3.63, 3.8) is 0 Å². The van der Waals surface area contributed by atoms with Gasteiger partial charge >= 0.3 is 6.03 Å². The third kappa shape index (κ3) is 7.45. The summed E-state index contributed by atoms with van der Waals surface area (Å²) in [5.74, 6) is 0.0901. The summed E-state index contributed by atoms with van der Waals surface area (Å²) in [6.45, 7) is 8.29. The van der Waals surface area contributed by atoms with E-state index < -0.39 is 6.04 Å². The smallest absolute Gasteiger partial charge is 0.319 e. The zero-order valence-corrected chi connectivity index (χ0v) is 22.1. The lowest BCUT2D eigenvalue weighted by Crippen LogP contribution is -2.57. The van der Waals surface area contributed by atoms with Crippen LogP contribution < -0.4 is 10.6 Å². The predicted molar refractivity (Wildman–Crippen MR) is 146 cm³/mol. The van der Waals surface area contributed by atoms with E-state index in [9.17, 15) is 14.4 Å². The Kier molecular flexibility index (Phi) is 10.6. The number of piperazine rings is 1. The third-order valence-electron chi connectivity index (χ3n) is 7.24. The molecule has 2 N–H and O–H groups in total. The molecule has 0 spiro atoms. The number of hydrogen-bond acceptors (Lipinski definition) is 3. The van der Waals surface area contributed by atoms with Gasteiger partial charge in [0.1, 0.15) is 6.04 Å². The van der Waals surface area contributed by atoms with E-state index in [-0.39, 0.29) is 23.8 Å². The zero-order chi connectivity index (χ0) is 25.9. The zero-order valence-electron chi connectivity index (χ0n) is 22.1. The molecule has 2 atom stereocenters. The second kappa shape index (κ2) is 13.9. The SMILES string of the molecule is CCCCCCCC(=O)N1CCN(C(=O)C(NC(=O)Nc2cccc3ccccc23)C(C)CC)CC1. The van der Waals surface area contributed by atoms with Gasteiger partial charge in [0.2, 0.25) is 11.8 Å². The molecular weight excluding hydrogens is 452 g/mol. The second-order valence-corrected chi connectivity index (χ2v) is 9.86. The van der Waals surface area contributed by atoms with Crippen LogP contribution in [0, 0.1) is 5.92 Å². The number of amides is 4. The number of carbonyl (C=O) groups excluding carboxylic acids is 3. The van der Waals surface area contributed by atoms with Gasteiger partial charge in [0.15, 0.2) is 0 Å². The van der Waals surface area contributed by atoms with E-state index in [0.29, 0.717) is 38.3 Å². The summed E-state index contributed by atoms with van der Waals surface area (Å²) in [5.41, 5.74) is 0.711. The minimum Gasteiger partial charge on any atom is -0.339 e. The maximum Gasteiger partial charge on any atom is 0.319 e. The van der Waals surface area contributed by atoms with E-state index in [1.165, 1.54) is 19.3 Å². The third-order valence-corrected chi connectivity index (χ3v) is 7.24. The van der Waals surface area contributed by atoms with Gasteiger partial charge in [-0.25, -0.2) is 4.79 Å². The number of benzene rings is 2.